The minimum atomic E-state index is -3.51. The molecule has 1 unspecified atom stereocenters. The van der Waals surface area contributed by atoms with Crippen molar-refractivity contribution in [1.82, 2.24) is 14.3 Å². The van der Waals surface area contributed by atoms with Crippen LogP contribution in [0.3, 0.4) is 0 Å². The van der Waals surface area contributed by atoms with Crippen LogP contribution in [0.1, 0.15) is 26.1 Å². The third-order valence-electron chi connectivity index (χ3n) is 2.85. The summed E-state index contributed by atoms with van der Waals surface area (Å²) >= 11 is 0. The van der Waals surface area contributed by atoms with E-state index in [4.69, 9.17) is 5.73 Å². The number of imidazole rings is 1. The van der Waals surface area contributed by atoms with E-state index >= 15 is 0 Å². The van der Waals surface area contributed by atoms with E-state index in [9.17, 15) is 8.42 Å². The molecule has 3 N–H and O–H groups in total. The Morgan fingerprint density at radius 3 is 2.72 bits per heavy atom. The van der Waals surface area contributed by atoms with Gasteiger partial charge in [0.2, 0.25) is 0 Å². The van der Waals surface area contributed by atoms with Crippen LogP contribution in [0.2, 0.25) is 0 Å². The average Bonchev–Trinajstić information content (AvgIpc) is 2.69. The molecule has 1 aromatic heterocycles. The molecule has 0 saturated heterocycles. The number of nitrogens with one attached hydrogen (secondary N) is 1. The fourth-order valence-corrected chi connectivity index (χ4v) is 2.81. The van der Waals surface area contributed by atoms with Gasteiger partial charge in [-0.3, -0.25) is 0 Å². The van der Waals surface area contributed by atoms with Crippen LogP contribution in [-0.2, 0) is 16.6 Å². The minimum Gasteiger partial charge on any atom is -0.334 e. The fraction of sp³-hybridized carbons (Fsp3) is 0.727. The highest BCUT2D eigenvalue weighted by Gasteiger charge is 2.19. The van der Waals surface area contributed by atoms with Gasteiger partial charge in [0, 0.05) is 19.3 Å². The molecule has 0 spiro atoms. The van der Waals surface area contributed by atoms with Crippen molar-refractivity contribution >= 4 is 10.0 Å². The first-order valence-electron chi connectivity index (χ1n) is 6.14. The Morgan fingerprint density at radius 1 is 1.56 bits per heavy atom. The summed E-state index contributed by atoms with van der Waals surface area (Å²) in [5, 5.41) is 0.0850. The molecule has 0 bridgehead atoms. The number of hydrogen-bond acceptors (Lipinski definition) is 4. The number of nitrogens with two attached hydrogens (primary N) is 1. The summed E-state index contributed by atoms with van der Waals surface area (Å²) in [6, 6.07) is 0. The van der Waals surface area contributed by atoms with Crippen molar-refractivity contribution in [2.45, 2.75) is 38.8 Å². The molecule has 104 valence electrons. The van der Waals surface area contributed by atoms with E-state index in [1.54, 1.807) is 17.7 Å². The number of sulfonamides is 1. The van der Waals surface area contributed by atoms with E-state index in [1.165, 1.54) is 0 Å². The molecule has 0 radical (unpaired) electrons. The Morgan fingerprint density at radius 2 is 2.22 bits per heavy atom. The van der Waals surface area contributed by atoms with E-state index in [0.29, 0.717) is 25.5 Å². The van der Waals surface area contributed by atoms with Crippen LogP contribution in [0, 0.1) is 12.8 Å². The van der Waals surface area contributed by atoms with Crippen LogP contribution in [0.4, 0.5) is 0 Å². The number of nitrogens with zero attached hydrogens (tertiary/aromatic N) is 2. The predicted octanol–water partition coefficient (Wildman–Crippen LogP) is 0.475. The lowest BCUT2D eigenvalue weighted by Crippen LogP contribution is -2.29. The molecule has 0 aliphatic carbocycles. The SMILES string of the molecule is CCn1cc(S(=O)(=O)NCC(C)CCN)nc1C. The zero-order chi connectivity index (χ0) is 13.8. The van der Waals surface area contributed by atoms with Crippen molar-refractivity contribution in [1.29, 1.82) is 0 Å². The van der Waals surface area contributed by atoms with Gasteiger partial charge in [-0.1, -0.05) is 6.92 Å². The Kier molecular flexibility index (Phi) is 5.30. The maximum atomic E-state index is 12.0. The molecule has 0 saturated carbocycles. The Labute approximate surface area is 109 Å². The molecular weight excluding hydrogens is 252 g/mol. The summed E-state index contributed by atoms with van der Waals surface area (Å²) in [5.41, 5.74) is 5.43. The van der Waals surface area contributed by atoms with Gasteiger partial charge in [-0.2, -0.15) is 0 Å². The highest BCUT2D eigenvalue weighted by atomic mass is 32.2. The summed E-state index contributed by atoms with van der Waals surface area (Å²) in [6.45, 7) is 7.36. The van der Waals surface area contributed by atoms with Crippen molar-refractivity contribution in [3.8, 4) is 0 Å². The van der Waals surface area contributed by atoms with Gasteiger partial charge in [0.15, 0.2) is 5.03 Å². The largest absolute Gasteiger partial charge is 0.334 e. The summed E-state index contributed by atoms with van der Waals surface area (Å²) < 4.78 is 28.4. The van der Waals surface area contributed by atoms with E-state index in [1.807, 2.05) is 13.8 Å². The van der Waals surface area contributed by atoms with Gasteiger partial charge < -0.3 is 10.3 Å². The van der Waals surface area contributed by atoms with Crippen LogP contribution in [0.15, 0.2) is 11.2 Å². The molecule has 0 amide bonds. The van der Waals surface area contributed by atoms with E-state index < -0.39 is 10.0 Å². The Bertz CT molecular complexity index is 481. The molecule has 1 aromatic rings. The third kappa shape index (κ3) is 3.79. The molecule has 1 rings (SSSR count). The number of rotatable bonds is 7. The van der Waals surface area contributed by atoms with Crippen LogP contribution < -0.4 is 10.5 Å². The standard InChI is InChI=1S/C11H22N4O2S/c1-4-15-8-11(14-10(15)3)18(16,17)13-7-9(2)5-6-12/h8-9,13H,4-7,12H2,1-3H3. The maximum Gasteiger partial charge on any atom is 0.259 e. The average molecular weight is 274 g/mol. The zero-order valence-corrected chi connectivity index (χ0v) is 12.0. The fourth-order valence-electron chi connectivity index (χ4n) is 1.64. The number of aromatic nitrogens is 2. The molecule has 18 heavy (non-hydrogen) atoms. The smallest absolute Gasteiger partial charge is 0.259 e. The minimum absolute atomic E-state index is 0.0850. The molecule has 0 aromatic carbocycles. The molecule has 7 heteroatoms. The van der Waals surface area contributed by atoms with Gasteiger partial charge in [0.05, 0.1) is 0 Å². The van der Waals surface area contributed by atoms with E-state index in [-0.39, 0.29) is 10.9 Å². The van der Waals surface area contributed by atoms with Crippen LogP contribution in [-0.4, -0.2) is 31.1 Å². The lowest BCUT2D eigenvalue weighted by Gasteiger charge is -2.10. The molecule has 1 atom stereocenters. The third-order valence-corrected chi connectivity index (χ3v) is 4.15. The van der Waals surface area contributed by atoms with Crippen LogP contribution in [0.5, 0.6) is 0 Å². The predicted molar refractivity (Wildman–Crippen MR) is 70.7 cm³/mol. The van der Waals surface area contributed by atoms with Gasteiger partial charge in [-0.25, -0.2) is 18.1 Å². The Balaban J connectivity index is 2.74. The summed E-state index contributed by atoms with van der Waals surface area (Å²) in [5.74, 6) is 0.923. The molecule has 0 fully saturated rings. The zero-order valence-electron chi connectivity index (χ0n) is 11.2. The first-order valence-corrected chi connectivity index (χ1v) is 7.62. The lowest BCUT2D eigenvalue weighted by atomic mass is 10.1. The van der Waals surface area contributed by atoms with Crippen molar-refractivity contribution in [3.05, 3.63) is 12.0 Å². The van der Waals surface area contributed by atoms with Crippen LogP contribution >= 0.6 is 0 Å². The highest BCUT2D eigenvalue weighted by Crippen LogP contribution is 2.09. The first kappa shape index (κ1) is 15.1. The lowest BCUT2D eigenvalue weighted by molar-refractivity contribution is 0.514. The highest BCUT2D eigenvalue weighted by molar-refractivity contribution is 7.89. The second-order valence-corrected chi connectivity index (χ2v) is 6.16. The van der Waals surface area contributed by atoms with Crippen molar-refractivity contribution in [3.63, 3.8) is 0 Å². The topological polar surface area (TPSA) is 90.0 Å². The number of aryl methyl sites for hydroxylation is 2. The van der Waals surface area contributed by atoms with Crippen LogP contribution in [0.25, 0.3) is 0 Å². The summed E-state index contributed by atoms with van der Waals surface area (Å²) in [4.78, 5) is 4.06. The van der Waals surface area contributed by atoms with Gasteiger partial charge in [0.25, 0.3) is 10.0 Å². The van der Waals surface area contributed by atoms with Crippen molar-refractivity contribution in [2.75, 3.05) is 13.1 Å². The van der Waals surface area contributed by atoms with E-state index in [0.717, 1.165) is 6.42 Å². The summed E-state index contributed by atoms with van der Waals surface area (Å²) in [6.07, 6.45) is 2.36. The first-order chi connectivity index (χ1) is 8.40. The van der Waals surface area contributed by atoms with Gasteiger partial charge in [0.1, 0.15) is 5.82 Å². The molecule has 0 aliphatic heterocycles. The van der Waals surface area contributed by atoms with Gasteiger partial charge >= 0.3 is 0 Å². The second kappa shape index (κ2) is 6.31. The quantitative estimate of drug-likeness (QED) is 0.756. The normalized spacial score (nSPS) is 13.8. The molecule has 1 heterocycles. The van der Waals surface area contributed by atoms with E-state index in [2.05, 4.69) is 9.71 Å². The van der Waals surface area contributed by atoms with Crippen molar-refractivity contribution < 1.29 is 8.42 Å². The number of hydrogen-bond donors (Lipinski definition) is 2. The maximum absolute atomic E-state index is 12.0. The monoisotopic (exact) mass is 274 g/mol. The Hall–Kier alpha value is -0.920. The molecular formula is C11H22N4O2S. The molecule has 6 nitrogen and oxygen atoms in total. The van der Waals surface area contributed by atoms with Crippen molar-refractivity contribution in [2.24, 2.45) is 11.7 Å². The summed E-state index contributed by atoms with van der Waals surface area (Å²) in [7, 11) is -3.51. The van der Waals surface area contributed by atoms with Gasteiger partial charge in [-0.05, 0) is 32.7 Å². The molecule has 0 aliphatic rings. The second-order valence-electron chi connectivity index (χ2n) is 4.45. The van der Waals surface area contributed by atoms with Gasteiger partial charge in [-0.15, -0.1) is 0 Å².